The Kier molecular flexibility index (Phi) is 14.1. The third-order valence-electron chi connectivity index (χ3n) is 6.41. The lowest BCUT2D eigenvalue weighted by molar-refractivity contribution is -0.129. The lowest BCUT2D eigenvalue weighted by Gasteiger charge is -2.30. The summed E-state index contributed by atoms with van der Waals surface area (Å²) in [6.45, 7) is 15.0. The molecule has 0 amide bonds. The molecule has 1 saturated carbocycles. The summed E-state index contributed by atoms with van der Waals surface area (Å²) in [6.07, 6.45) is 14.5. The standard InChI is InChI=1S/C27H52O5Si2/c1-9-10-13-16-22(28)19-20-24-23(26(21-25(24)30-2)31-33(3,4)5)17-14-11-12-15-18-27(29)32-34(6,7)8/h15,18,23-26H,9-14,16-17,19-21H2,1-8H3/t23-,24-,25-,26+/m1/s1. The van der Waals surface area contributed by atoms with E-state index in [0.29, 0.717) is 30.5 Å². The maximum atomic E-state index is 12.5. The van der Waals surface area contributed by atoms with Gasteiger partial charge in [0.2, 0.25) is 8.32 Å². The molecule has 1 fully saturated rings. The summed E-state index contributed by atoms with van der Waals surface area (Å²) in [5, 5.41) is 0. The molecule has 7 heteroatoms. The highest BCUT2D eigenvalue weighted by Crippen LogP contribution is 2.43. The molecule has 0 spiro atoms. The number of hydrogen-bond donors (Lipinski definition) is 0. The van der Waals surface area contributed by atoms with Crippen LogP contribution in [0.5, 0.6) is 0 Å². The third-order valence-corrected chi connectivity index (χ3v) is 8.24. The molecule has 198 valence electrons. The van der Waals surface area contributed by atoms with E-state index in [1.807, 2.05) is 25.7 Å². The van der Waals surface area contributed by atoms with Gasteiger partial charge >= 0.3 is 5.97 Å². The molecule has 0 heterocycles. The van der Waals surface area contributed by atoms with Gasteiger partial charge in [0.1, 0.15) is 5.78 Å². The van der Waals surface area contributed by atoms with Gasteiger partial charge in [-0.05, 0) is 89.6 Å². The Bertz CT molecular complexity index is 636. The van der Waals surface area contributed by atoms with Gasteiger partial charge in [-0.3, -0.25) is 4.79 Å². The van der Waals surface area contributed by atoms with Gasteiger partial charge in [-0.1, -0.05) is 32.3 Å². The van der Waals surface area contributed by atoms with E-state index in [-0.39, 0.29) is 18.2 Å². The van der Waals surface area contributed by atoms with E-state index in [2.05, 4.69) is 26.6 Å². The monoisotopic (exact) mass is 512 g/mol. The number of unbranched alkanes of at least 4 members (excludes halogenated alkanes) is 4. The fourth-order valence-corrected chi connectivity index (χ4v) is 6.82. The molecular formula is C27H52O5Si2. The minimum absolute atomic E-state index is 0.172. The lowest BCUT2D eigenvalue weighted by atomic mass is 9.84. The van der Waals surface area contributed by atoms with Crippen LogP contribution in [-0.2, 0) is 23.2 Å². The van der Waals surface area contributed by atoms with Gasteiger partial charge in [-0.15, -0.1) is 0 Å². The average Bonchev–Trinajstić information content (AvgIpc) is 3.02. The average molecular weight is 513 g/mol. The molecule has 34 heavy (non-hydrogen) atoms. The molecule has 0 unspecified atom stereocenters. The molecule has 0 aromatic heterocycles. The van der Waals surface area contributed by atoms with Gasteiger partial charge in [-0.25, -0.2) is 4.79 Å². The molecule has 0 aliphatic heterocycles. The van der Waals surface area contributed by atoms with Crippen molar-refractivity contribution < 1.29 is 23.2 Å². The molecule has 1 rings (SSSR count). The Morgan fingerprint density at radius 2 is 1.53 bits per heavy atom. The van der Waals surface area contributed by atoms with Gasteiger partial charge < -0.3 is 13.6 Å². The zero-order chi connectivity index (χ0) is 25.8. The van der Waals surface area contributed by atoms with E-state index < -0.39 is 16.6 Å². The van der Waals surface area contributed by atoms with Crippen molar-refractivity contribution in [2.24, 2.45) is 11.8 Å². The fraction of sp³-hybridized carbons (Fsp3) is 0.852. The number of carbonyl (C=O) groups is 2. The number of ketones is 1. The first-order valence-electron chi connectivity index (χ1n) is 13.5. The second-order valence-corrected chi connectivity index (χ2v) is 20.8. The Morgan fingerprint density at radius 3 is 2.12 bits per heavy atom. The number of Topliss-reactive ketones (excluding diaryl/α,β-unsaturated/α-hetero) is 1. The van der Waals surface area contributed by atoms with Crippen LogP contribution >= 0.6 is 0 Å². The molecule has 1 aliphatic carbocycles. The van der Waals surface area contributed by atoms with Crippen LogP contribution in [0, 0.1) is 11.8 Å². The Balaban J connectivity index is 2.66. The van der Waals surface area contributed by atoms with Crippen molar-refractivity contribution >= 4 is 28.4 Å². The van der Waals surface area contributed by atoms with E-state index in [4.69, 9.17) is 13.6 Å². The third kappa shape index (κ3) is 13.4. The second kappa shape index (κ2) is 15.4. The summed E-state index contributed by atoms with van der Waals surface area (Å²) in [5.41, 5.74) is 0. The van der Waals surface area contributed by atoms with Gasteiger partial charge in [0.15, 0.2) is 8.32 Å². The van der Waals surface area contributed by atoms with Gasteiger partial charge in [-0.2, -0.15) is 0 Å². The van der Waals surface area contributed by atoms with Crippen LogP contribution in [-0.4, -0.2) is 47.7 Å². The number of hydrogen-bond acceptors (Lipinski definition) is 5. The quantitative estimate of drug-likeness (QED) is 0.116. The van der Waals surface area contributed by atoms with E-state index in [0.717, 1.165) is 57.8 Å². The van der Waals surface area contributed by atoms with Crippen molar-refractivity contribution in [2.45, 2.75) is 129 Å². The first kappa shape index (κ1) is 31.3. The van der Waals surface area contributed by atoms with Crippen molar-refractivity contribution in [3.63, 3.8) is 0 Å². The number of methoxy groups -OCH3 is 1. The maximum absolute atomic E-state index is 12.5. The van der Waals surface area contributed by atoms with Crippen LogP contribution in [0.15, 0.2) is 12.2 Å². The summed E-state index contributed by atoms with van der Waals surface area (Å²) in [5.74, 6) is 0.988. The summed E-state index contributed by atoms with van der Waals surface area (Å²) in [6, 6.07) is 0. The molecule has 0 saturated heterocycles. The largest absolute Gasteiger partial charge is 0.517 e. The minimum Gasteiger partial charge on any atom is -0.517 e. The number of ether oxygens (including phenoxy) is 1. The highest BCUT2D eigenvalue weighted by molar-refractivity contribution is 6.71. The molecule has 1 aliphatic rings. The second-order valence-electron chi connectivity index (χ2n) is 11.9. The van der Waals surface area contributed by atoms with Gasteiger partial charge in [0.25, 0.3) is 0 Å². The van der Waals surface area contributed by atoms with E-state index in [9.17, 15) is 9.59 Å². The molecule has 5 nitrogen and oxygen atoms in total. The Hall–Kier alpha value is -0.766. The molecule has 0 N–H and O–H groups in total. The zero-order valence-electron chi connectivity index (χ0n) is 23.3. The molecule has 0 aromatic carbocycles. The van der Waals surface area contributed by atoms with Crippen molar-refractivity contribution in [1.82, 2.24) is 0 Å². The minimum atomic E-state index is -1.83. The van der Waals surface area contributed by atoms with Crippen molar-refractivity contribution in [2.75, 3.05) is 7.11 Å². The lowest BCUT2D eigenvalue weighted by Crippen LogP contribution is -2.35. The SMILES string of the molecule is CCCCCC(=O)CC[C@@H]1[C@@H](CCCCC=CC(=O)O[Si](C)(C)C)[C@@H](O[Si](C)(C)C)C[C@H]1OC. The predicted molar refractivity (Wildman–Crippen MR) is 146 cm³/mol. The van der Waals surface area contributed by atoms with Gasteiger partial charge in [0.05, 0.1) is 12.2 Å². The van der Waals surface area contributed by atoms with Crippen molar-refractivity contribution in [1.29, 1.82) is 0 Å². The van der Waals surface area contributed by atoms with E-state index in [1.54, 1.807) is 13.2 Å². The summed E-state index contributed by atoms with van der Waals surface area (Å²) < 4.78 is 18.0. The molecule has 0 bridgehead atoms. The summed E-state index contributed by atoms with van der Waals surface area (Å²) in [7, 11) is -1.70. The van der Waals surface area contributed by atoms with E-state index in [1.165, 1.54) is 0 Å². The highest BCUT2D eigenvalue weighted by atomic mass is 28.4. The van der Waals surface area contributed by atoms with Crippen LogP contribution in [0.4, 0.5) is 0 Å². The predicted octanol–water partition coefficient (Wildman–Crippen LogP) is 7.28. The highest BCUT2D eigenvalue weighted by Gasteiger charge is 2.44. The number of allylic oxidation sites excluding steroid dienone is 1. The van der Waals surface area contributed by atoms with Gasteiger partial charge in [0, 0.05) is 26.0 Å². The smallest absolute Gasteiger partial charge is 0.317 e. The normalized spacial score (nSPS) is 23.5. The van der Waals surface area contributed by atoms with Crippen LogP contribution in [0.3, 0.4) is 0 Å². The Labute approximate surface area is 211 Å². The van der Waals surface area contributed by atoms with Crippen LogP contribution in [0.2, 0.25) is 39.3 Å². The topological polar surface area (TPSA) is 61.8 Å². The fourth-order valence-electron chi connectivity index (χ4n) is 4.97. The van der Waals surface area contributed by atoms with Crippen LogP contribution < -0.4 is 0 Å². The first-order valence-corrected chi connectivity index (χ1v) is 20.3. The zero-order valence-corrected chi connectivity index (χ0v) is 25.3. The number of carbonyl (C=O) groups excluding carboxylic acids is 2. The first-order chi connectivity index (χ1) is 15.9. The summed E-state index contributed by atoms with van der Waals surface area (Å²) in [4.78, 5) is 24.3. The molecular weight excluding hydrogens is 460 g/mol. The molecule has 0 aromatic rings. The van der Waals surface area contributed by atoms with Crippen molar-refractivity contribution in [3.8, 4) is 0 Å². The van der Waals surface area contributed by atoms with Crippen LogP contribution in [0.25, 0.3) is 0 Å². The Morgan fingerprint density at radius 1 is 0.853 bits per heavy atom. The van der Waals surface area contributed by atoms with Crippen molar-refractivity contribution in [3.05, 3.63) is 12.2 Å². The summed E-state index contributed by atoms with van der Waals surface area (Å²) >= 11 is 0. The number of rotatable bonds is 17. The maximum Gasteiger partial charge on any atom is 0.317 e. The van der Waals surface area contributed by atoms with Crippen LogP contribution in [0.1, 0.15) is 77.6 Å². The van der Waals surface area contributed by atoms with E-state index >= 15 is 0 Å². The molecule has 0 radical (unpaired) electrons. The molecule has 4 atom stereocenters.